The summed E-state index contributed by atoms with van der Waals surface area (Å²) in [6, 6.07) is 4.78. The average Bonchev–Trinajstić information content (AvgIpc) is 2.98. The van der Waals surface area contributed by atoms with Crippen molar-refractivity contribution in [2.75, 3.05) is 13.7 Å². The Hall–Kier alpha value is -2.14. The van der Waals surface area contributed by atoms with E-state index in [9.17, 15) is 14.7 Å². The molecule has 0 spiro atoms. The van der Waals surface area contributed by atoms with Gasteiger partial charge in [-0.1, -0.05) is 18.2 Å². The van der Waals surface area contributed by atoms with Crippen LogP contribution in [-0.2, 0) is 16.0 Å². The molecular weight excluding hydrogens is 282 g/mol. The van der Waals surface area contributed by atoms with Crippen LogP contribution in [0.4, 0.5) is 0 Å². The number of aryl methyl sites for hydroxylation is 1. The molecule has 2 unspecified atom stereocenters. The van der Waals surface area contributed by atoms with Crippen molar-refractivity contribution in [1.82, 2.24) is 4.90 Å². The van der Waals surface area contributed by atoms with Crippen molar-refractivity contribution in [2.45, 2.75) is 31.4 Å². The van der Waals surface area contributed by atoms with Crippen LogP contribution >= 0.6 is 0 Å². The van der Waals surface area contributed by atoms with Gasteiger partial charge in [-0.2, -0.15) is 0 Å². The summed E-state index contributed by atoms with van der Waals surface area (Å²) in [5.74, 6) is -1.21. The van der Waals surface area contributed by atoms with Crippen molar-refractivity contribution in [3.05, 3.63) is 41.0 Å². The van der Waals surface area contributed by atoms with Gasteiger partial charge in [0.25, 0.3) is 5.91 Å². The van der Waals surface area contributed by atoms with Gasteiger partial charge in [-0.25, -0.2) is 4.79 Å². The fourth-order valence-corrected chi connectivity index (χ4v) is 3.16. The van der Waals surface area contributed by atoms with Crippen LogP contribution in [0.3, 0.4) is 0 Å². The summed E-state index contributed by atoms with van der Waals surface area (Å²) < 4.78 is 5.23. The molecule has 116 valence electrons. The third-order valence-corrected chi connectivity index (χ3v) is 4.41. The van der Waals surface area contributed by atoms with Crippen molar-refractivity contribution < 1.29 is 19.4 Å². The average molecular weight is 301 g/mol. The third-order valence-electron chi connectivity index (χ3n) is 4.41. The lowest BCUT2D eigenvalue weighted by Crippen LogP contribution is -2.40. The molecule has 0 radical (unpaired) electrons. The van der Waals surface area contributed by atoms with Gasteiger partial charge in [0.15, 0.2) is 0 Å². The molecule has 5 heteroatoms. The summed E-state index contributed by atoms with van der Waals surface area (Å²) in [6.07, 6.45) is 6.18. The summed E-state index contributed by atoms with van der Waals surface area (Å²) in [5, 5.41) is 9.33. The zero-order valence-corrected chi connectivity index (χ0v) is 12.5. The van der Waals surface area contributed by atoms with Crippen LogP contribution < -0.4 is 0 Å². The number of fused-ring (bicyclic) bond motifs is 1. The molecule has 1 aromatic rings. The summed E-state index contributed by atoms with van der Waals surface area (Å²) >= 11 is 0. The number of rotatable bonds is 3. The molecule has 1 saturated heterocycles. The second kappa shape index (κ2) is 5.93. The number of hydrogen-bond donors (Lipinski definition) is 1. The van der Waals surface area contributed by atoms with E-state index < -0.39 is 12.0 Å². The van der Waals surface area contributed by atoms with Crippen LogP contribution in [-0.4, -0.2) is 47.7 Å². The Morgan fingerprint density at radius 3 is 2.91 bits per heavy atom. The zero-order chi connectivity index (χ0) is 15.7. The fourth-order valence-electron chi connectivity index (χ4n) is 3.16. The van der Waals surface area contributed by atoms with E-state index in [2.05, 4.69) is 12.2 Å². The molecule has 0 saturated carbocycles. The minimum atomic E-state index is -0.978. The van der Waals surface area contributed by atoms with E-state index in [0.717, 1.165) is 24.0 Å². The van der Waals surface area contributed by atoms with Crippen molar-refractivity contribution in [3.8, 4) is 0 Å². The number of benzene rings is 1. The van der Waals surface area contributed by atoms with Gasteiger partial charge in [-0.05, 0) is 36.1 Å². The summed E-state index contributed by atoms with van der Waals surface area (Å²) in [5.41, 5.74) is 2.83. The van der Waals surface area contributed by atoms with Crippen molar-refractivity contribution in [3.63, 3.8) is 0 Å². The lowest BCUT2D eigenvalue weighted by Gasteiger charge is -2.22. The molecule has 1 N–H and O–H groups in total. The Morgan fingerprint density at radius 1 is 1.36 bits per heavy atom. The molecule has 0 aromatic heterocycles. The molecule has 2 aliphatic rings. The first-order valence-electron chi connectivity index (χ1n) is 7.46. The SMILES string of the molecule is COC1CC(C(=O)O)N(C(=O)c2ccc3c(c2)CCC=C3)C1. The van der Waals surface area contributed by atoms with Crippen LogP contribution in [0, 0.1) is 0 Å². The molecular formula is C17H19NO4. The van der Waals surface area contributed by atoms with Gasteiger partial charge in [0.1, 0.15) is 6.04 Å². The molecule has 1 fully saturated rings. The van der Waals surface area contributed by atoms with Gasteiger partial charge >= 0.3 is 5.97 Å². The normalized spacial score (nSPS) is 23.4. The second-order valence-corrected chi connectivity index (χ2v) is 5.76. The largest absolute Gasteiger partial charge is 0.480 e. The van der Waals surface area contributed by atoms with Gasteiger partial charge in [0, 0.05) is 25.6 Å². The van der Waals surface area contributed by atoms with E-state index in [4.69, 9.17) is 4.74 Å². The van der Waals surface area contributed by atoms with E-state index in [1.165, 1.54) is 4.90 Å². The van der Waals surface area contributed by atoms with Crippen LogP contribution in [0.5, 0.6) is 0 Å². The van der Waals surface area contributed by atoms with Gasteiger partial charge in [-0.3, -0.25) is 4.79 Å². The van der Waals surface area contributed by atoms with Gasteiger partial charge in [0.05, 0.1) is 6.10 Å². The molecule has 2 atom stereocenters. The highest BCUT2D eigenvalue weighted by molar-refractivity contribution is 5.97. The third kappa shape index (κ3) is 2.64. The molecule has 1 amide bonds. The maximum Gasteiger partial charge on any atom is 0.326 e. The maximum absolute atomic E-state index is 12.7. The van der Waals surface area contributed by atoms with E-state index in [-0.39, 0.29) is 12.0 Å². The lowest BCUT2D eigenvalue weighted by molar-refractivity contribution is -0.141. The molecule has 1 heterocycles. The Morgan fingerprint density at radius 2 is 2.18 bits per heavy atom. The Kier molecular flexibility index (Phi) is 3.98. The molecule has 5 nitrogen and oxygen atoms in total. The highest BCUT2D eigenvalue weighted by Gasteiger charge is 2.40. The number of methoxy groups -OCH3 is 1. The van der Waals surface area contributed by atoms with Gasteiger partial charge in [0.2, 0.25) is 0 Å². The monoisotopic (exact) mass is 301 g/mol. The first-order chi connectivity index (χ1) is 10.6. The second-order valence-electron chi connectivity index (χ2n) is 5.76. The Labute approximate surface area is 129 Å². The number of nitrogens with zero attached hydrogens (tertiary/aromatic N) is 1. The van der Waals surface area contributed by atoms with E-state index in [1.807, 2.05) is 12.1 Å². The van der Waals surface area contributed by atoms with Crippen LogP contribution in [0.15, 0.2) is 24.3 Å². The molecule has 1 aliphatic carbocycles. The minimum Gasteiger partial charge on any atom is -0.480 e. The van der Waals surface area contributed by atoms with Gasteiger partial charge in [-0.15, -0.1) is 0 Å². The number of likely N-dealkylation sites (tertiary alicyclic amines) is 1. The van der Waals surface area contributed by atoms with E-state index in [1.54, 1.807) is 13.2 Å². The fraction of sp³-hybridized carbons (Fsp3) is 0.412. The number of carboxylic acid groups (broad SMARTS) is 1. The number of amides is 1. The highest BCUT2D eigenvalue weighted by Crippen LogP contribution is 2.25. The smallest absolute Gasteiger partial charge is 0.326 e. The number of carboxylic acids is 1. The van der Waals surface area contributed by atoms with Crippen LogP contribution in [0.25, 0.3) is 6.08 Å². The number of ether oxygens (including phenoxy) is 1. The Balaban J connectivity index is 1.86. The molecule has 1 aromatic carbocycles. The predicted molar refractivity (Wildman–Crippen MR) is 81.7 cm³/mol. The highest BCUT2D eigenvalue weighted by atomic mass is 16.5. The number of carbonyl (C=O) groups excluding carboxylic acids is 1. The quantitative estimate of drug-likeness (QED) is 0.927. The number of carbonyl (C=O) groups is 2. The van der Waals surface area contributed by atoms with Crippen molar-refractivity contribution >= 4 is 18.0 Å². The predicted octanol–water partition coefficient (Wildman–Crippen LogP) is 1.96. The lowest BCUT2D eigenvalue weighted by atomic mass is 9.95. The number of aliphatic carboxylic acids is 1. The molecule has 1 aliphatic heterocycles. The van der Waals surface area contributed by atoms with Crippen LogP contribution in [0.1, 0.15) is 34.3 Å². The minimum absolute atomic E-state index is 0.217. The van der Waals surface area contributed by atoms with Gasteiger partial charge < -0.3 is 14.7 Å². The Bertz CT molecular complexity index is 638. The van der Waals surface area contributed by atoms with E-state index in [0.29, 0.717) is 18.5 Å². The first kappa shape index (κ1) is 14.8. The van der Waals surface area contributed by atoms with E-state index >= 15 is 0 Å². The molecule has 0 bridgehead atoms. The number of hydrogen-bond acceptors (Lipinski definition) is 3. The van der Waals surface area contributed by atoms with Crippen LogP contribution in [0.2, 0.25) is 0 Å². The summed E-state index contributed by atoms with van der Waals surface area (Å²) in [6.45, 7) is 0.323. The standard InChI is InChI=1S/C17H19NO4/c1-22-14-9-15(17(20)21)18(10-14)16(19)13-7-6-11-4-2-3-5-12(11)8-13/h2,4,6-8,14-15H,3,5,9-10H2,1H3,(H,20,21). The summed E-state index contributed by atoms with van der Waals surface area (Å²) in [7, 11) is 1.54. The molecule has 3 rings (SSSR count). The van der Waals surface area contributed by atoms with Crippen molar-refractivity contribution in [2.24, 2.45) is 0 Å². The molecule has 22 heavy (non-hydrogen) atoms. The zero-order valence-electron chi connectivity index (χ0n) is 12.5. The topological polar surface area (TPSA) is 66.8 Å². The number of allylic oxidation sites excluding steroid dienone is 1. The first-order valence-corrected chi connectivity index (χ1v) is 7.46. The summed E-state index contributed by atoms with van der Waals surface area (Å²) in [4.78, 5) is 25.5. The van der Waals surface area contributed by atoms with Crippen molar-refractivity contribution in [1.29, 1.82) is 0 Å². The maximum atomic E-state index is 12.7.